The van der Waals surface area contributed by atoms with Gasteiger partial charge in [0.1, 0.15) is 11.5 Å². The molecule has 0 aromatic heterocycles. The van der Waals surface area contributed by atoms with Gasteiger partial charge in [0.25, 0.3) is 5.91 Å². The molecule has 2 rings (SSSR count). The lowest BCUT2D eigenvalue weighted by Gasteiger charge is -2.09. The summed E-state index contributed by atoms with van der Waals surface area (Å²) in [7, 11) is 2.85. The average Bonchev–Trinajstić information content (AvgIpc) is 2.71. The summed E-state index contributed by atoms with van der Waals surface area (Å²) in [6.45, 7) is -0.420. The number of amides is 2. The van der Waals surface area contributed by atoms with Crippen LogP contribution in [0.1, 0.15) is 10.4 Å². The summed E-state index contributed by atoms with van der Waals surface area (Å²) in [5, 5.41) is 5.07. The highest BCUT2D eigenvalue weighted by atomic mass is 16.5. The molecule has 0 bridgehead atoms. The lowest BCUT2D eigenvalue weighted by molar-refractivity contribution is -0.125. The van der Waals surface area contributed by atoms with E-state index in [-0.39, 0.29) is 13.2 Å². The summed E-state index contributed by atoms with van der Waals surface area (Å²) in [5.41, 5.74) is 0.871. The molecule has 0 aliphatic rings. The molecular weight excluding hydrogens is 352 g/mol. The Balaban J connectivity index is 1.72. The second-order valence-corrected chi connectivity index (χ2v) is 5.36. The van der Waals surface area contributed by atoms with E-state index in [9.17, 15) is 14.4 Å². The van der Waals surface area contributed by atoms with Crippen molar-refractivity contribution in [3.05, 3.63) is 54.1 Å². The van der Waals surface area contributed by atoms with Gasteiger partial charge in [-0.25, -0.2) is 4.79 Å². The van der Waals surface area contributed by atoms with Crippen molar-refractivity contribution < 1.29 is 28.6 Å². The molecule has 0 atom stereocenters. The highest BCUT2D eigenvalue weighted by Crippen LogP contribution is 2.16. The van der Waals surface area contributed by atoms with Crippen molar-refractivity contribution in [3.63, 3.8) is 0 Å². The molecule has 0 aliphatic carbocycles. The second-order valence-electron chi connectivity index (χ2n) is 5.36. The molecule has 2 aromatic rings. The Kier molecular flexibility index (Phi) is 7.18. The molecule has 0 saturated heterocycles. The van der Waals surface area contributed by atoms with Crippen LogP contribution in [-0.2, 0) is 14.3 Å². The van der Waals surface area contributed by atoms with E-state index in [2.05, 4.69) is 15.4 Å². The van der Waals surface area contributed by atoms with Crippen molar-refractivity contribution in [1.82, 2.24) is 5.32 Å². The summed E-state index contributed by atoms with van der Waals surface area (Å²) >= 11 is 0. The molecule has 2 aromatic carbocycles. The molecular formula is C19H20N2O6. The smallest absolute Gasteiger partial charge is 0.337 e. The first kappa shape index (κ1) is 19.8. The van der Waals surface area contributed by atoms with E-state index in [1.165, 1.54) is 19.2 Å². The molecule has 2 amide bonds. The maximum absolute atomic E-state index is 11.9. The minimum atomic E-state index is -0.461. The summed E-state index contributed by atoms with van der Waals surface area (Å²) < 4.78 is 14.9. The maximum Gasteiger partial charge on any atom is 0.337 e. The quantitative estimate of drug-likeness (QED) is 0.683. The Morgan fingerprint density at radius 1 is 0.852 bits per heavy atom. The van der Waals surface area contributed by atoms with E-state index in [4.69, 9.17) is 9.47 Å². The SMILES string of the molecule is COC(=O)c1ccc(NC(=O)CNC(=O)COc2ccc(OC)cc2)cc1. The van der Waals surface area contributed by atoms with Crippen LogP contribution in [0.5, 0.6) is 11.5 Å². The van der Waals surface area contributed by atoms with Gasteiger partial charge >= 0.3 is 5.97 Å². The zero-order chi connectivity index (χ0) is 19.6. The Morgan fingerprint density at radius 3 is 2.07 bits per heavy atom. The standard InChI is InChI=1S/C19H20N2O6/c1-25-15-7-9-16(10-8-15)27-12-18(23)20-11-17(22)21-14-5-3-13(4-6-14)19(24)26-2/h3-10H,11-12H2,1-2H3,(H,20,23)(H,21,22). The van der Waals surface area contributed by atoms with E-state index in [1.54, 1.807) is 43.5 Å². The normalized spacial score (nSPS) is 9.85. The lowest BCUT2D eigenvalue weighted by Crippen LogP contribution is -2.35. The summed E-state index contributed by atoms with van der Waals surface area (Å²) in [6, 6.07) is 13.0. The largest absolute Gasteiger partial charge is 0.497 e. The number of carbonyl (C=O) groups is 3. The fourth-order valence-electron chi connectivity index (χ4n) is 2.06. The second kappa shape index (κ2) is 9.81. The van der Waals surface area contributed by atoms with Gasteiger partial charge in [0, 0.05) is 5.69 Å². The number of ether oxygens (including phenoxy) is 3. The molecule has 0 radical (unpaired) electrons. The van der Waals surface area contributed by atoms with E-state index in [0.29, 0.717) is 22.7 Å². The zero-order valence-electron chi connectivity index (χ0n) is 15.0. The number of hydrogen-bond acceptors (Lipinski definition) is 6. The first-order valence-corrected chi connectivity index (χ1v) is 8.03. The molecule has 2 N–H and O–H groups in total. The van der Waals surface area contributed by atoms with Gasteiger partial charge < -0.3 is 24.8 Å². The third-order valence-corrected chi connectivity index (χ3v) is 3.47. The van der Waals surface area contributed by atoms with Crippen LogP contribution in [0.4, 0.5) is 5.69 Å². The predicted molar refractivity (Wildman–Crippen MR) is 97.9 cm³/mol. The molecule has 8 nitrogen and oxygen atoms in total. The van der Waals surface area contributed by atoms with Gasteiger partial charge in [0.15, 0.2) is 6.61 Å². The molecule has 0 spiro atoms. The minimum Gasteiger partial charge on any atom is -0.497 e. The maximum atomic E-state index is 11.9. The van der Waals surface area contributed by atoms with E-state index in [1.807, 2.05) is 0 Å². The Labute approximate surface area is 156 Å². The molecule has 0 unspecified atom stereocenters. The van der Waals surface area contributed by atoms with Crippen molar-refractivity contribution in [2.75, 3.05) is 32.7 Å². The van der Waals surface area contributed by atoms with Gasteiger partial charge in [-0.05, 0) is 48.5 Å². The van der Waals surface area contributed by atoms with Crippen LogP contribution >= 0.6 is 0 Å². The van der Waals surface area contributed by atoms with Crippen LogP contribution in [0.3, 0.4) is 0 Å². The Hall–Kier alpha value is -3.55. The van der Waals surface area contributed by atoms with Crippen molar-refractivity contribution >= 4 is 23.5 Å². The molecule has 142 valence electrons. The van der Waals surface area contributed by atoms with E-state index < -0.39 is 17.8 Å². The van der Waals surface area contributed by atoms with E-state index in [0.717, 1.165) is 0 Å². The van der Waals surface area contributed by atoms with E-state index >= 15 is 0 Å². The Bertz CT molecular complexity index is 787. The van der Waals surface area contributed by atoms with Crippen LogP contribution in [0.15, 0.2) is 48.5 Å². The highest BCUT2D eigenvalue weighted by molar-refractivity contribution is 5.95. The first-order chi connectivity index (χ1) is 13.0. The molecule has 27 heavy (non-hydrogen) atoms. The van der Waals surface area contributed by atoms with Gasteiger partial charge in [-0.2, -0.15) is 0 Å². The molecule has 0 aliphatic heterocycles. The van der Waals surface area contributed by atoms with Crippen molar-refractivity contribution in [2.45, 2.75) is 0 Å². The van der Waals surface area contributed by atoms with Gasteiger partial charge in [-0.15, -0.1) is 0 Å². The summed E-state index contributed by atoms with van der Waals surface area (Å²) in [5.74, 6) is -0.0955. The van der Waals surface area contributed by atoms with Crippen LogP contribution in [0.2, 0.25) is 0 Å². The average molecular weight is 372 g/mol. The van der Waals surface area contributed by atoms with Crippen molar-refractivity contribution in [1.29, 1.82) is 0 Å². The lowest BCUT2D eigenvalue weighted by atomic mass is 10.2. The molecule has 0 saturated carbocycles. The number of anilines is 1. The van der Waals surface area contributed by atoms with Gasteiger partial charge in [-0.3, -0.25) is 9.59 Å². The number of methoxy groups -OCH3 is 2. The number of carbonyl (C=O) groups excluding carboxylic acids is 3. The van der Waals surface area contributed by atoms with Crippen LogP contribution in [-0.4, -0.2) is 45.2 Å². The highest BCUT2D eigenvalue weighted by Gasteiger charge is 2.08. The number of benzene rings is 2. The Morgan fingerprint density at radius 2 is 1.48 bits per heavy atom. The van der Waals surface area contributed by atoms with Crippen molar-refractivity contribution in [2.24, 2.45) is 0 Å². The van der Waals surface area contributed by atoms with Gasteiger partial charge in [0.05, 0.1) is 26.3 Å². The van der Waals surface area contributed by atoms with Gasteiger partial charge in [0.2, 0.25) is 5.91 Å². The summed E-state index contributed by atoms with van der Waals surface area (Å²) in [6.07, 6.45) is 0. The molecule has 8 heteroatoms. The number of nitrogens with one attached hydrogen (secondary N) is 2. The van der Waals surface area contributed by atoms with Crippen LogP contribution in [0.25, 0.3) is 0 Å². The van der Waals surface area contributed by atoms with Crippen LogP contribution in [0, 0.1) is 0 Å². The minimum absolute atomic E-state index is 0.205. The topological polar surface area (TPSA) is 103 Å². The van der Waals surface area contributed by atoms with Gasteiger partial charge in [-0.1, -0.05) is 0 Å². The predicted octanol–water partition coefficient (Wildman–Crippen LogP) is 1.62. The number of esters is 1. The molecule has 0 fully saturated rings. The number of hydrogen-bond donors (Lipinski definition) is 2. The van der Waals surface area contributed by atoms with Crippen molar-refractivity contribution in [3.8, 4) is 11.5 Å². The number of rotatable bonds is 8. The third kappa shape index (κ3) is 6.35. The van der Waals surface area contributed by atoms with Crippen LogP contribution < -0.4 is 20.1 Å². The zero-order valence-corrected chi connectivity index (χ0v) is 15.0. The monoisotopic (exact) mass is 372 g/mol. The first-order valence-electron chi connectivity index (χ1n) is 8.03. The fraction of sp³-hybridized carbons (Fsp3) is 0.211. The molecule has 0 heterocycles. The summed E-state index contributed by atoms with van der Waals surface area (Å²) in [4.78, 5) is 35.0. The third-order valence-electron chi connectivity index (χ3n) is 3.47. The fourth-order valence-corrected chi connectivity index (χ4v) is 2.06.